The Morgan fingerprint density at radius 3 is 1.67 bits per heavy atom. The fourth-order valence-corrected chi connectivity index (χ4v) is 0.695. The normalized spacial score (nSPS) is 16.2. The Hall–Kier alpha value is -0.390. The first kappa shape index (κ1) is 11.6. The van der Waals surface area contributed by atoms with E-state index in [0.717, 1.165) is 0 Å². The molecule has 0 radical (unpaired) electrons. The topological polar surface area (TPSA) is 9.23 Å². The first-order valence-electron chi connectivity index (χ1n) is 3.25. The molecule has 0 N–H and O–H groups in total. The summed E-state index contributed by atoms with van der Waals surface area (Å²) in [5.41, 5.74) is 0. The number of hydrogen-bond acceptors (Lipinski definition) is 1. The molecular formula is C6H9F5O. The van der Waals surface area contributed by atoms with Crippen molar-refractivity contribution in [3.63, 3.8) is 0 Å². The summed E-state index contributed by atoms with van der Waals surface area (Å²) in [5.74, 6) is -3.89. The van der Waals surface area contributed by atoms with E-state index in [9.17, 15) is 22.0 Å². The van der Waals surface area contributed by atoms with Gasteiger partial charge in [-0.15, -0.1) is 0 Å². The Morgan fingerprint density at radius 2 is 1.58 bits per heavy atom. The predicted molar refractivity (Wildman–Crippen MR) is 32.1 cm³/mol. The first-order valence-corrected chi connectivity index (χ1v) is 3.25. The van der Waals surface area contributed by atoms with Crippen molar-refractivity contribution in [3.05, 3.63) is 0 Å². The van der Waals surface area contributed by atoms with Gasteiger partial charge in [-0.1, -0.05) is 0 Å². The molecule has 0 aromatic rings. The summed E-state index contributed by atoms with van der Waals surface area (Å²) in [4.78, 5) is 0. The molecule has 0 aromatic carbocycles. The molecule has 1 unspecified atom stereocenters. The standard InChI is InChI=1S/C6H9F5O/c1-3-12-4(5(2,7)8)6(9,10)11/h4H,3H2,1-2H3. The fourth-order valence-electron chi connectivity index (χ4n) is 0.695. The van der Waals surface area contributed by atoms with Crippen molar-refractivity contribution in [1.29, 1.82) is 0 Å². The molecule has 0 aliphatic carbocycles. The monoisotopic (exact) mass is 192 g/mol. The molecule has 12 heavy (non-hydrogen) atoms. The van der Waals surface area contributed by atoms with E-state index in [2.05, 4.69) is 4.74 Å². The molecule has 74 valence electrons. The number of rotatable bonds is 3. The van der Waals surface area contributed by atoms with Crippen LogP contribution in [0.4, 0.5) is 22.0 Å². The van der Waals surface area contributed by atoms with E-state index in [0.29, 0.717) is 0 Å². The highest BCUT2D eigenvalue weighted by molar-refractivity contribution is 4.79. The van der Waals surface area contributed by atoms with Gasteiger partial charge in [-0.25, -0.2) is 8.78 Å². The zero-order valence-electron chi connectivity index (χ0n) is 6.58. The van der Waals surface area contributed by atoms with Crippen LogP contribution in [-0.2, 0) is 4.74 Å². The number of ether oxygens (including phenoxy) is 1. The Balaban J connectivity index is 4.45. The maximum Gasteiger partial charge on any atom is 0.420 e. The van der Waals surface area contributed by atoms with E-state index in [1.165, 1.54) is 6.92 Å². The summed E-state index contributed by atoms with van der Waals surface area (Å²) in [7, 11) is 0. The lowest BCUT2D eigenvalue weighted by atomic mass is 10.2. The third kappa shape index (κ3) is 3.34. The van der Waals surface area contributed by atoms with Gasteiger partial charge in [0.05, 0.1) is 0 Å². The molecule has 1 nitrogen and oxygen atoms in total. The van der Waals surface area contributed by atoms with Crippen LogP contribution in [0.15, 0.2) is 0 Å². The van der Waals surface area contributed by atoms with E-state index >= 15 is 0 Å². The molecule has 0 bridgehead atoms. The van der Waals surface area contributed by atoms with E-state index in [1.54, 1.807) is 0 Å². The maximum absolute atomic E-state index is 12.2. The van der Waals surface area contributed by atoms with Gasteiger partial charge in [-0.3, -0.25) is 0 Å². The summed E-state index contributed by atoms with van der Waals surface area (Å²) >= 11 is 0. The second kappa shape index (κ2) is 3.55. The molecule has 0 spiro atoms. The summed E-state index contributed by atoms with van der Waals surface area (Å²) in [5, 5.41) is 0. The van der Waals surface area contributed by atoms with Crippen molar-refractivity contribution < 1.29 is 26.7 Å². The van der Waals surface area contributed by atoms with Gasteiger partial charge in [0.2, 0.25) is 6.10 Å². The van der Waals surface area contributed by atoms with Gasteiger partial charge in [0.25, 0.3) is 5.92 Å². The van der Waals surface area contributed by atoms with Gasteiger partial charge < -0.3 is 4.74 Å². The van der Waals surface area contributed by atoms with E-state index < -0.39 is 24.8 Å². The molecule has 1 atom stereocenters. The van der Waals surface area contributed by atoms with Crippen molar-refractivity contribution in [2.45, 2.75) is 32.1 Å². The van der Waals surface area contributed by atoms with Crippen molar-refractivity contribution in [2.75, 3.05) is 6.61 Å². The Labute approximate surface area is 66.5 Å². The smallest absolute Gasteiger partial charge is 0.364 e. The Morgan fingerprint density at radius 1 is 1.17 bits per heavy atom. The van der Waals surface area contributed by atoms with Crippen LogP contribution in [0.2, 0.25) is 0 Å². The second-order valence-corrected chi connectivity index (χ2v) is 2.33. The number of hydrogen-bond donors (Lipinski definition) is 0. The highest BCUT2D eigenvalue weighted by Crippen LogP contribution is 2.34. The third-order valence-corrected chi connectivity index (χ3v) is 1.09. The van der Waals surface area contributed by atoms with Gasteiger partial charge in [-0.2, -0.15) is 13.2 Å². The summed E-state index contributed by atoms with van der Waals surface area (Å²) < 4.78 is 63.7. The minimum Gasteiger partial charge on any atom is -0.364 e. The molecule has 0 heterocycles. The molecular weight excluding hydrogens is 183 g/mol. The van der Waals surface area contributed by atoms with Crippen LogP contribution in [0.25, 0.3) is 0 Å². The number of halogens is 5. The lowest BCUT2D eigenvalue weighted by Crippen LogP contribution is -2.45. The molecule has 0 aliphatic heterocycles. The number of alkyl halides is 5. The van der Waals surface area contributed by atoms with Crippen LogP contribution in [0.5, 0.6) is 0 Å². The fraction of sp³-hybridized carbons (Fsp3) is 1.00. The molecule has 0 aromatic heterocycles. The van der Waals surface area contributed by atoms with Crippen molar-refractivity contribution in [1.82, 2.24) is 0 Å². The molecule has 6 heteroatoms. The quantitative estimate of drug-likeness (QED) is 0.624. The Bertz CT molecular complexity index is 122. The molecule has 0 aliphatic rings. The lowest BCUT2D eigenvalue weighted by Gasteiger charge is -2.25. The third-order valence-electron chi connectivity index (χ3n) is 1.09. The zero-order valence-corrected chi connectivity index (χ0v) is 6.58. The van der Waals surface area contributed by atoms with Crippen molar-refractivity contribution in [3.8, 4) is 0 Å². The minimum atomic E-state index is -5.02. The largest absolute Gasteiger partial charge is 0.420 e. The van der Waals surface area contributed by atoms with Gasteiger partial charge in [0.1, 0.15) is 0 Å². The van der Waals surface area contributed by atoms with Crippen LogP contribution in [-0.4, -0.2) is 24.8 Å². The van der Waals surface area contributed by atoms with Gasteiger partial charge in [0, 0.05) is 13.5 Å². The highest BCUT2D eigenvalue weighted by Gasteiger charge is 2.53. The van der Waals surface area contributed by atoms with Crippen molar-refractivity contribution >= 4 is 0 Å². The van der Waals surface area contributed by atoms with Crippen molar-refractivity contribution in [2.24, 2.45) is 0 Å². The van der Waals surface area contributed by atoms with Crippen LogP contribution >= 0.6 is 0 Å². The summed E-state index contributed by atoms with van der Waals surface area (Å²) in [6, 6.07) is 0. The SMILES string of the molecule is CCOC(C(C)(F)F)C(F)(F)F. The van der Waals surface area contributed by atoms with Gasteiger partial charge >= 0.3 is 6.18 Å². The predicted octanol–water partition coefficient (Wildman–Crippen LogP) is 2.61. The average Bonchev–Trinajstić information content (AvgIpc) is 1.77. The van der Waals surface area contributed by atoms with Crippen LogP contribution in [0.3, 0.4) is 0 Å². The summed E-state index contributed by atoms with van der Waals surface area (Å²) in [6.45, 7) is 1.01. The zero-order chi connectivity index (χ0) is 9.99. The van der Waals surface area contributed by atoms with E-state index in [4.69, 9.17) is 0 Å². The van der Waals surface area contributed by atoms with Crippen LogP contribution in [0.1, 0.15) is 13.8 Å². The van der Waals surface area contributed by atoms with Gasteiger partial charge in [-0.05, 0) is 6.92 Å². The molecule has 0 fully saturated rings. The minimum absolute atomic E-state index is 0.181. The van der Waals surface area contributed by atoms with E-state index in [1.807, 2.05) is 0 Å². The first-order chi connectivity index (χ1) is 5.19. The van der Waals surface area contributed by atoms with Crippen LogP contribution in [0, 0.1) is 0 Å². The summed E-state index contributed by atoms with van der Waals surface area (Å²) in [6.07, 6.45) is -8.02. The molecule has 0 amide bonds. The highest BCUT2D eigenvalue weighted by atomic mass is 19.4. The molecule has 0 rings (SSSR count). The maximum atomic E-state index is 12.2. The molecule has 0 saturated heterocycles. The second-order valence-electron chi connectivity index (χ2n) is 2.33. The van der Waals surface area contributed by atoms with E-state index in [-0.39, 0.29) is 6.92 Å². The van der Waals surface area contributed by atoms with Crippen LogP contribution < -0.4 is 0 Å². The average molecular weight is 192 g/mol. The molecule has 0 saturated carbocycles. The Kier molecular flexibility index (Phi) is 3.44. The lowest BCUT2D eigenvalue weighted by molar-refractivity contribution is -0.278. The van der Waals surface area contributed by atoms with Gasteiger partial charge in [0.15, 0.2) is 0 Å².